The molecule has 0 heterocycles. The molecule has 116 valence electrons. The van der Waals surface area contributed by atoms with Crippen LogP contribution in [0.25, 0.3) is 0 Å². The minimum Gasteiger partial charge on any atom is -0.302 e. The third-order valence-corrected chi connectivity index (χ3v) is 5.02. The fourth-order valence-corrected chi connectivity index (χ4v) is 3.47. The SMILES string of the molecule is CC(=O)C(NC(C)(C)C)C1(c2ccc(Cl)c(Cl)c2)CCC1. The van der Waals surface area contributed by atoms with Crippen LogP contribution in [0.15, 0.2) is 18.2 Å². The molecular formula is C17H23Cl2NO. The van der Waals surface area contributed by atoms with Crippen molar-refractivity contribution < 1.29 is 4.79 Å². The zero-order chi connectivity index (χ0) is 15.8. The Bertz CT molecular complexity index is 544. The summed E-state index contributed by atoms with van der Waals surface area (Å²) in [4.78, 5) is 12.3. The highest BCUT2D eigenvalue weighted by Gasteiger charge is 2.48. The molecule has 0 bridgehead atoms. The summed E-state index contributed by atoms with van der Waals surface area (Å²) in [5.74, 6) is 0.177. The molecule has 2 nitrogen and oxygen atoms in total. The molecule has 0 aromatic heterocycles. The number of hydrogen-bond donors (Lipinski definition) is 1. The summed E-state index contributed by atoms with van der Waals surface area (Å²) in [5, 5.41) is 4.61. The van der Waals surface area contributed by atoms with Gasteiger partial charge in [0, 0.05) is 11.0 Å². The Hall–Kier alpha value is -0.570. The lowest BCUT2D eigenvalue weighted by Gasteiger charge is -2.49. The van der Waals surface area contributed by atoms with Crippen LogP contribution in [0.3, 0.4) is 0 Å². The summed E-state index contributed by atoms with van der Waals surface area (Å²) in [5.41, 5.74) is 0.836. The number of Topliss-reactive ketones (excluding diaryl/α,β-unsaturated/α-hetero) is 1. The molecule has 1 unspecified atom stereocenters. The average Bonchev–Trinajstić information content (AvgIpc) is 2.29. The molecule has 0 amide bonds. The molecule has 2 rings (SSSR count). The lowest BCUT2D eigenvalue weighted by molar-refractivity contribution is -0.122. The maximum Gasteiger partial charge on any atom is 0.147 e. The maximum atomic E-state index is 12.3. The van der Waals surface area contributed by atoms with E-state index >= 15 is 0 Å². The molecule has 4 heteroatoms. The minimum absolute atomic E-state index is 0.116. The molecule has 1 atom stereocenters. The van der Waals surface area contributed by atoms with Crippen LogP contribution in [-0.4, -0.2) is 17.4 Å². The normalized spacial score (nSPS) is 19.0. The van der Waals surface area contributed by atoms with Gasteiger partial charge in [-0.05, 0) is 58.2 Å². The molecule has 1 saturated carbocycles. The van der Waals surface area contributed by atoms with E-state index in [1.807, 2.05) is 18.2 Å². The van der Waals surface area contributed by atoms with Crippen molar-refractivity contribution in [3.05, 3.63) is 33.8 Å². The van der Waals surface area contributed by atoms with Crippen LogP contribution in [0.5, 0.6) is 0 Å². The summed E-state index contributed by atoms with van der Waals surface area (Å²) in [7, 11) is 0. The number of ketones is 1. The lowest BCUT2D eigenvalue weighted by Crippen LogP contribution is -2.60. The number of carbonyl (C=O) groups is 1. The molecule has 0 spiro atoms. The number of hydrogen-bond acceptors (Lipinski definition) is 2. The number of benzene rings is 1. The topological polar surface area (TPSA) is 29.1 Å². The van der Waals surface area contributed by atoms with Gasteiger partial charge in [-0.3, -0.25) is 4.79 Å². The van der Waals surface area contributed by atoms with Crippen molar-refractivity contribution in [3.63, 3.8) is 0 Å². The van der Waals surface area contributed by atoms with Gasteiger partial charge >= 0.3 is 0 Å². The van der Waals surface area contributed by atoms with E-state index in [1.54, 1.807) is 6.92 Å². The van der Waals surface area contributed by atoms with Crippen LogP contribution < -0.4 is 5.32 Å². The van der Waals surface area contributed by atoms with Gasteiger partial charge in [0.2, 0.25) is 0 Å². The second-order valence-corrected chi connectivity index (χ2v) is 7.89. The first-order chi connectivity index (χ1) is 9.66. The highest BCUT2D eigenvalue weighted by Crippen LogP contribution is 2.48. The third-order valence-electron chi connectivity index (χ3n) is 4.28. The molecule has 1 fully saturated rings. The van der Waals surface area contributed by atoms with Gasteiger partial charge in [-0.25, -0.2) is 0 Å². The van der Waals surface area contributed by atoms with Gasteiger partial charge in [0.1, 0.15) is 5.78 Å². The van der Waals surface area contributed by atoms with Crippen molar-refractivity contribution in [2.45, 2.75) is 64.0 Å². The first-order valence-corrected chi connectivity index (χ1v) is 8.15. The van der Waals surface area contributed by atoms with Crippen LogP contribution in [0.1, 0.15) is 52.5 Å². The summed E-state index contributed by atoms with van der Waals surface area (Å²) in [6.07, 6.45) is 3.13. The fourth-order valence-electron chi connectivity index (χ4n) is 3.17. The molecular weight excluding hydrogens is 305 g/mol. The third kappa shape index (κ3) is 3.44. The Morgan fingerprint density at radius 1 is 1.24 bits per heavy atom. The van der Waals surface area contributed by atoms with E-state index in [-0.39, 0.29) is 22.8 Å². The number of rotatable bonds is 4. The Kier molecular flexibility index (Phi) is 4.72. The molecule has 0 aliphatic heterocycles. The summed E-state index contributed by atoms with van der Waals surface area (Å²) in [6.45, 7) is 7.93. The monoisotopic (exact) mass is 327 g/mol. The van der Waals surface area contributed by atoms with Crippen LogP contribution in [-0.2, 0) is 10.2 Å². The van der Waals surface area contributed by atoms with Crippen LogP contribution in [0, 0.1) is 0 Å². The predicted molar refractivity (Wildman–Crippen MR) is 89.3 cm³/mol. The highest BCUT2D eigenvalue weighted by molar-refractivity contribution is 6.42. The smallest absolute Gasteiger partial charge is 0.147 e. The second-order valence-electron chi connectivity index (χ2n) is 7.08. The first-order valence-electron chi connectivity index (χ1n) is 7.39. The van der Waals surface area contributed by atoms with E-state index in [0.29, 0.717) is 10.0 Å². The van der Waals surface area contributed by atoms with Gasteiger partial charge in [-0.1, -0.05) is 35.7 Å². The van der Waals surface area contributed by atoms with E-state index in [2.05, 4.69) is 26.1 Å². The zero-order valence-electron chi connectivity index (χ0n) is 13.1. The summed E-state index contributed by atoms with van der Waals surface area (Å²) < 4.78 is 0. The van der Waals surface area contributed by atoms with Gasteiger partial charge in [0.15, 0.2) is 0 Å². The van der Waals surface area contributed by atoms with E-state index in [1.165, 1.54) is 0 Å². The molecule has 0 saturated heterocycles. The van der Waals surface area contributed by atoms with Crippen LogP contribution >= 0.6 is 23.2 Å². The van der Waals surface area contributed by atoms with E-state index in [9.17, 15) is 4.79 Å². The molecule has 1 aromatic carbocycles. The quantitative estimate of drug-likeness (QED) is 0.863. The molecule has 21 heavy (non-hydrogen) atoms. The van der Waals surface area contributed by atoms with Crippen molar-refractivity contribution in [2.75, 3.05) is 0 Å². The van der Waals surface area contributed by atoms with Gasteiger partial charge < -0.3 is 5.32 Å². The standard InChI is InChI=1S/C17H23Cl2NO/c1-11(21)15(20-16(2,3)4)17(8-5-9-17)12-6-7-13(18)14(19)10-12/h6-7,10,15,20H,5,8-9H2,1-4H3. The maximum absolute atomic E-state index is 12.3. The first kappa shape index (κ1) is 16.8. The Morgan fingerprint density at radius 3 is 2.24 bits per heavy atom. The van der Waals surface area contributed by atoms with Crippen LogP contribution in [0.4, 0.5) is 0 Å². The van der Waals surface area contributed by atoms with Gasteiger partial charge in [0.25, 0.3) is 0 Å². The zero-order valence-corrected chi connectivity index (χ0v) is 14.6. The second kappa shape index (κ2) is 5.91. The van der Waals surface area contributed by atoms with E-state index in [4.69, 9.17) is 23.2 Å². The van der Waals surface area contributed by atoms with Crippen molar-refractivity contribution in [1.29, 1.82) is 0 Å². The average molecular weight is 328 g/mol. The largest absolute Gasteiger partial charge is 0.302 e. The lowest BCUT2D eigenvalue weighted by atomic mass is 9.59. The van der Waals surface area contributed by atoms with Gasteiger partial charge in [-0.15, -0.1) is 0 Å². The Labute approximate surface area is 137 Å². The molecule has 1 aliphatic rings. The van der Waals surface area contributed by atoms with E-state index < -0.39 is 0 Å². The van der Waals surface area contributed by atoms with E-state index in [0.717, 1.165) is 24.8 Å². The highest BCUT2D eigenvalue weighted by atomic mass is 35.5. The number of carbonyl (C=O) groups excluding carboxylic acids is 1. The molecule has 1 aliphatic carbocycles. The summed E-state index contributed by atoms with van der Waals surface area (Å²) >= 11 is 12.2. The molecule has 0 radical (unpaired) electrons. The Morgan fingerprint density at radius 2 is 1.86 bits per heavy atom. The Balaban J connectivity index is 2.42. The van der Waals surface area contributed by atoms with Crippen LogP contribution in [0.2, 0.25) is 10.0 Å². The van der Waals surface area contributed by atoms with Crippen molar-refractivity contribution in [1.82, 2.24) is 5.32 Å². The molecule has 1 aromatic rings. The molecule has 1 N–H and O–H groups in total. The number of nitrogens with one attached hydrogen (secondary N) is 1. The fraction of sp³-hybridized carbons (Fsp3) is 0.588. The van der Waals surface area contributed by atoms with Gasteiger partial charge in [0.05, 0.1) is 16.1 Å². The van der Waals surface area contributed by atoms with Crippen molar-refractivity contribution in [3.8, 4) is 0 Å². The minimum atomic E-state index is -0.191. The van der Waals surface area contributed by atoms with Gasteiger partial charge in [-0.2, -0.15) is 0 Å². The van der Waals surface area contributed by atoms with Crippen molar-refractivity contribution >= 4 is 29.0 Å². The predicted octanol–water partition coefficient (Wildman–Crippen LogP) is 4.76. The number of halogens is 2. The van der Waals surface area contributed by atoms with Crippen molar-refractivity contribution in [2.24, 2.45) is 0 Å². The summed E-state index contributed by atoms with van der Waals surface area (Å²) in [6, 6.07) is 5.56.